The van der Waals surface area contributed by atoms with Crippen LogP contribution < -0.4 is 0 Å². The van der Waals surface area contributed by atoms with Gasteiger partial charge in [0.15, 0.2) is 0 Å². The van der Waals surface area contributed by atoms with Crippen LogP contribution in [-0.2, 0) is 4.74 Å². The number of amides is 1. The van der Waals surface area contributed by atoms with Crippen molar-refractivity contribution in [3.8, 4) is 0 Å². The van der Waals surface area contributed by atoms with E-state index in [0.717, 1.165) is 44.8 Å². The molecule has 1 aromatic rings. The number of piperidine rings is 1. The average Bonchev–Trinajstić information content (AvgIpc) is 2.86. The second kappa shape index (κ2) is 6.97. The standard InChI is InChI=1S/C18H25FN2O2/c1-13-3-5-15(19)9-17(13)18(22)21-11-14-4-6-16(12-21)20(10-14)7-8-23-2/h3,5,9,14,16H,4,6-8,10-12H2,1-2H3/t14-,16-/m0/s1. The summed E-state index contributed by atoms with van der Waals surface area (Å²) < 4.78 is 18.7. The first-order valence-corrected chi connectivity index (χ1v) is 8.37. The average molecular weight is 320 g/mol. The van der Waals surface area contributed by atoms with Crippen LogP contribution >= 0.6 is 0 Å². The smallest absolute Gasteiger partial charge is 0.254 e. The number of benzene rings is 1. The molecule has 0 aliphatic carbocycles. The molecule has 3 heterocycles. The van der Waals surface area contributed by atoms with Gasteiger partial charge in [0.1, 0.15) is 5.82 Å². The highest BCUT2D eigenvalue weighted by Gasteiger charge is 2.36. The van der Waals surface area contributed by atoms with E-state index in [4.69, 9.17) is 4.74 Å². The van der Waals surface area contributed by atoms with Crippen LogP contribution in [0.2, 0.25) is 0 Å². The van der Waals surface area contributed by atoms with E-state index in [1.807, 2.05) is 11.8 Å². The van der Waals surface area contributed by atoms with E-state index < -0.39 is 0 Å². The van der Waals surface area contributed by atoms with Gasteiger partial charge >= 0.3 is 0 Å². The molecule has 1 amide bonds. The zero-order valence-corrected chi connectivity index (χ0v) is 13.9. The summed E-state index contributed by atoms with van der Waals surface area (Å²) in [7, 11) is 1.72. The summed E-state index contributed by atoms with van der Waals surface area (Å²) in [6, 6.07) is 4.85. The minimum atomic E-state index is -0.349. The van der Waals surface area contributed by atoms with Gasteiger partial charge in [-0.1, -0.05) is 6.07 Å². The Morgan fingerprint density at radius 3 is 2.91 bits per heavy atom. The summed E-state index contributed by atoms with van der Waals surface area (Å²) in [5.41, 5.74) is 1.33. The lowest BCUT2D eigenvalue weighted by Gasteiger charge is -2.35. The lowest BCUT2D eigenvalue weighted by atomic mass is 9.95. The highest BCUT2D eigenvalue weighted by Crippen LogP contribution is 2.29. The van der Waals surface area contributed by atoms with Crippen LogP contribution in [0.5, 0.6) is 0 Å². The Morgan fingerprint density at radius 2 is 2.13 bits per heavy atom. The van der Waals surface area contributed by atoms with Crippen LogP contribution in [0.4, 0.5) is 4.39 Å². The first kappa shape index (κ1) is 16.4. The van der Waals surface area contributed by atoms with Crippen molar-refractivity contribution in [1.29, 1.82) is 0 Å². The highest BCUT2D eigenvalue weighted by molar-refractivity contribution is 5.95. The fraction of sp³-hybridized carbons (Fsp3) is 0.611. The van der Waals surface area contributed by atoms with E-state index in [9.17, 15) is 9.18 Å². The number of hydrogen-bond donors (Lipinski definition) is 0. The Bertz CT molecular complexity index is 578. The Balaban J connectivity index is 1.76. The maximum absolute atomic E-state index is 13.5. The first-order valence-electron chi connectivity index (χ1n) is 8.37. The SMILES string of the molecule is COCCN1C[C@@H]2CC[C@H]1CN(C(=O)c1cc(F)ccc1C)C2. The third kappa shape index (κ3) is 3.56. The molecular formula is C18H25FN2O2. The molecule has 5 heteroatoms. The molecule has 23 heavy (non-hydrogen) atoms. The molecule has 2 atom stereocenters. The Hall–Kier alpha value is -1.46. The molecule has 4 rings (SSSR count). The molecule has 0 unspecified atom stereocenters. The molecule has 3 aliphatic rings. The number of aryl methyl sites for hydroxylation is 1. The topological polar surface area (TPSA) is 32.8 Å². The van der Waals surface area contributed by atoms with Crippen molar-refractivity contribution in [2.24, 2.45) is 5.92 Å². The number of halogens is 1. The normalized spacial score (nSPS) is 24.7. The Labute approximate surface area is 137 Å². The first-order chi connectivity index (χ1) is 11.1. The van der Waals surface area contributed by atoms with Crippen molar-refractivity contribution >= 4 is 5.91 Å². The molecule has 0 spiro atoms. The van der Waals surface area contributed by atoms with Gasteiger partial charge in [-0.25, -0.2) is 4.39 Å². The number of rotatable bonds is 4. The Morgan fingerprint density at radius 1 is 1.30 bits per heavy atom. The molecule has 0 radical (unpaired) electrons. The van der Waals surface area contributed by atoms with Crippen LogP contribution in [0.1, 0.15) is 28.8 Å². The molecule has 3 aliphatic heterocycles. The lowest BCUT2D eigenvalue weighted by molar-refractivity contribution is 0.0716. The van der Waals surface area contributed by atoms with Crippen molar-refractivity contribution in [3.63, 3.8) is 0 Å². The summed E-state index contributed by atoms with van der Waals surface area (Å²) in [5, 5.41) is 0. The molecule has 4 nitrogen and oxygen atoms in total. The van der Waals surface area contributed by atoms with Gasteiger partial charge in [0, 0.05) is 44.9 Å². The largest absolute Gasteiger partial charge is 0.383 e. The van der Waals surface area contributed by atoms with Crippen LogP contribution in [0.3, 0.4) is 0 Å². The van der Waals surface area contributed by atoms with Gasteiger partial charge in [-0.3, -0.25) is 9.69 Å². The third-order valence-corrected chi connectivity index (χ3v) is 5.13. The van der Waals surface area contributed by atoms with Gasteiger partial charge < -0.3 is 9.64 Å². The molecule has 3 fully saturated rings. The van der Waals surface area contributed by atoms with E-state index in [2.05, 4.69) is 4.90 Å². The second-order valence-corrected chi connectivity index (χ2v) is 6.75. The van der Waals surface area contributed by atoms with Gasteiger partial charge in [-0.05, 0) is 43.4 Å². The van der Waals surface area contributed by atoms with Gasteiger partial charge in [0.05, 0.1) is 6.61 Å². The van der Waals surface area contributed by atoms with Crippen molar-refractivity contribution in [1.82, 2.24) is 9.80 Å². The number of methoxy groups -OCH3 is 1. The maximum Gasteiger partial charge on any atom is 0.254 e. The van der Waals surface area contributed by atoms with Crippen molar-refractivity contribution in [3.05, 3.63) is 35.1 Å². The molecule has 0 saturated carbocycles. The van der Waals surface area contributed by atoms with E-state index in [1.165, 1.54) is 18.6 Å². The number of hydrogen-bond acceptors (Lipinski definition) is 3. The van der Waals surface area contributed by atoms with Crippen LogP contribution in [-0.4, -0.2) is 61.6 Å². The van der Waals surface area contributed by atoms with E-state index in [-0.39, 0.29) is 11.7 Å². The van der Waals surface area contributed by atoms with Crippen LogP contribution in [0.15, 0.2) is 18.2 Å². The highest BCUT2D eigenvalue weighted by atomic mass is 19.1. The number of carbonyl (C=O) groups excluding carboxylic acids is 1. The number of nitrogens with zero attached hydrogens (tertiary/aromatic N) is 2. The van der Waals surface area contributed by atoms with E-state index in [1.54, 1.807) is 13.2 Å². The van der Waals surface area contributed by atoms with Gasteiger partial charge in [-0.2, -0.15) is 0 Å². The molecule has 1 aromatic carbocycles. The predicted molar refractivity (Wildman–Crippen MR) is 87.0 cm³/mol. The van der Waals surface area contributed by atoms with Gasteiger partial charge in [-0.15, -0.1) is 0 Å². The fourth-order valence-corrected chi connectivity index (χ4v) is 3.82. The Kier molecular flexibility index (Phi) is 4.97. The van der Waals surface area contributed by atoms with E-state index in [0.29, 0.717) is 17.5 Å². The van der Waals surface area contributed by atoms with Gasteiger partial charge in [0.2, 0.25) is 0 Å². The summed E-state index contributed by atoms with van der Waals surface area (Å²) in [6.07, 6.45) is 2.29. The summed E-state index contributed by atoms with van der Waals surface area (Å²) >= 11 is 0. The van der Waals surface area contributed by atoms with Crippen LogP contribution in [0, 0.1) is 18.7 Å². The number of fused-ring (bicyclic) bond motifs is 4. The van der Waals surface area contributed by atoms with Gasteiger partial charge in [0.25, 0.3) is 5.91 Å². The summed E-state index contributed by atoms with van der Waals surface area (Å²) in [5.74, 6) is 0.120. The minimum absolute atomic E-state index is 0.0347. The van der Waals surface area contributed by atoms with Crippen molar-refractivity contribution < 1.29 is 13.9 Å². The molecule has 0 aromatic heterocycles. The summed E-state index contributed by atoms with van der Waals surface area (Å²) in [4.78, 5) is 17.3. The van der Waals surface area contributed by atoms with Crippen molar-refractivity contribution in [2.45, 2.75) is 25.8 Å². The lowest BCUT2D eigenvalue weighted by Crippen LogP contribution is -2.45. The minimum Gasteiger partial charge on any atom is -0.383 e. The number of ether oxygens (including phenoxy) is 1. The second-order valence-electron chi connectivity index (χ2n) is 6.75. The van der Waals surface area contributed by atoms with E-state index >= 15 is 0 Å². The molecular weight excluding hydrogens is 295 g/mol. The monoisotopic (exact) mass is 320 g/mol. The molecule has 126 valence electrons. The van der Waals surface area contributed by atoms with Crippen LogP contribution in [0.25, 0.3) is 0 Å². The zero-order chi connectivity index (χ0) is 16.4. The molecule has 2 bridgehead atoms. The zero-order valence-electron chi connectivity index (χ0n) is 13.9. The summed E-state index contributed by atoms with van der Waals surface area (Å²) in [6.45, 7) is 6.03. The molecule has 3 saturated heterocycles. The maximum atomic E-state index is 13.5. The molecule has 0 N–H and O–H groups in total. The third-order valence-electron chi connectivity index (χ3n) is 5.13. The van der Waals surface area contributed by atoms with Crippen molar-refractivity contribution in [2.75, 3.05) is 39.9 Å². The number of carbonyl (C=O) groups is 1. The fourth-order valence-electron chi connectivity index (χ4n) is 3.82. The predicted octanol–water partition coefficient (Wildman–Crippen LogP) is 2.32. The quantitative estimate of drug-likeness (QED) is 0.853.